The maximum Gasteiger partial charge on any atom is 0.503 e. The summed E-state index contributed by atoms with van der Waals surface area (Å²) >= 11 is 0. The van der Waals surface area contributed by atoms with Gasteiger partial charge in [-0.1, -0.05) is 20.8 Å². The lowest BCUT2D eigenvalue weighted by molar-refractivity contribution is 0.0644. The molecule has 1 aliphatic rings. The smallest absolute Gasteiger partial charge is 0.450 e. The summed E-state index contributed by atoms with van der Waals surface area (Å²) in [7, 11) is -3.27. The van der Waals surface area contributed by atoms with E-state index in [4.69, 9.17) is 49.5 Å². The number of anilines is 1. The van der Waals surface area contributed by atoms with Crippen LogP contribution >= 0.6 is 7.60 Å². The van der Waals surface area contributed by atoms with Gasteiger partial charge in [0.15, 0.2) is 11.5 Å². The van der Waals surface area contributed by atoms with Crippen LogP contribution in [0.15, 0.2) is 12.7 Å². The normalized spacial score (nSPS) is 22.8. The van der Waals surface area contributed by atoms with Crippen LogP contribution in [0.1, 0.15) is 34.1 Å². The molecule has 0 saturated carbocycles. The third-order valence-corrected chi connectivity index (χ3v) is 6.91. The average molecular weight is 521 g/mol. The first-order valence-corrected chi connectivity index (χ1v) is 12.2. The Bertz CT molecular complexity index is 1010. The molecule has 0 bridgehead atoms. The van der Waals surface area contributed by atoms with Gasteiger partial charge in [-0.2, -0.15) is 0 Å². The molecule has 3 rings (SSSR count). The maximum absolute atomic E-state index is 12.9. The number of imidazole rings is 1. The van der Waals surface area contributed by atoms with Crippen molar-refractivity contribution < 1.29 is 48.4 Å². The van der Waals surface area contributed by atoms with Crippen molar-refractivity contribution in [3.63, 3.8) is 0 Å². The molecule has 0 aliphatic carbocycles. The van der Waals surface area contributed by atoms with Gasteiger partial charge in [0.05, 0.1) is 32.2 Å². The Kier molecular flexibility index (Phi) is 11.3. The Balaban J connectivity index is 0.000000668. The molecule has 2 aromatic rings. The van der Waals surface area contributed by atoms with Crippen LogP contribution in [0.5, 0.6) is 0 Å². The average Bonchev–Trinajstić information content (AvgIpc) is 3.06. The highest BCUT2D eigenvalue weighted by atomic mass is 31.2. The van der Waals surface area contributed by atoms with Crippen LogP contribution in [0.4, 0.5) is 15.4 Å². The summed E-state index contributed by atoms with van der Waals surface area (Å²) in [6.07, 6.45) is -0.127. The lowest BCUT2D eigenvalue weighted by Crippen LogP contribution is -2.28. The minimum atomic E-state index is -3.27. The molecule has 2 unspecified atom stereocenters. The molecule has 2 aromatic heterocycles. The topological polar surface area (TPSA) is 229 Å². The van der Waals surface area contributed by atoms with Crippen molar-refractivity contribution in [3.05, 3.63) is 12.7 Å². The van der Waals surface area contributed by atoms with Crippen molar-refractivity contribution in [2.45, 2.75) is 46.8 Å². The first-order valence-electron chi connectivity index (χ1n) is 10.4. The van der Waals surface area contributed by atoms with E-state index in [9.17, 15) is 4.57 Å². The zero-order valence-electron chi connectivity index (χ0n) is 19.9. The molecule has 3 heterocycles. The molecule has 3 atom stereocenters. The standard InChI is InChI=1S/C17H28N5O4P.2CH2O3/c1-12(2)17(4)5-6-25-27(23,26-8-17)11-24-13(3)7-22-10-21-14-15(18)19-9-20-16(14)22;2*2-1(3)4/h9-10,12-13H,5-8,11H2,1-4H3,(H2,18,19,20);2*(H2,2,3,4)/t13?,17-,27?;;/m1../s1. The van der Waals surface area contributed by atoms with Gasteiger partial charge in [0.25, 0.3) is 0 Å². The predicted octanol–water partition coefficient (Wildman–Crippen LogP) is 3.51. The van der Waals surface area contributed by atoms with Gasteiger partial charge >= 0.3 is 19.9 Å². The first-order chi connectivity index (χ1) is 16.2. The lowest BCUT2D eigenvalue weighted by atomic mass is 9.77. The van der Waals surface area contributed by atoms with Crippen molar-refractivity contribution >= 4 is 36.9 Å². The number of nitrogen functional groups attached to an aromatic ring is 1. The number of nitrogens with zero attached hydrogens (tertiary/aromatic N) is 4. The number of hydrogen-bond donors (Lipinski definition) is 5. The van der Waals surface area contributed by atoms with Crippen LogP contribution in [0.2, 0.25) is 0 Å². The van der Waals surface area contributed by atoms with E-state index in [2.05, 4.69) is 35.7 Å². The van der Waals surface area contributed by atoms with E-state index in [1.54, 1.807) is 6.33 Å². The second kappa shape index (κ2) is 13.2. The number of hydrogen-bond acceptors (Lipinski definition) is 10. The van der Waals surface area contributed by atoms with E-state index < -0.39 is 19.9 Å². The fourth-order valence-electron chi connectivity index (χ4n) is 2.88. The van der Waals surface area contributed by atoms with Crippen LogP contribution in [0, 0.1) is 11.3 Å². The van der Waals surface area contributed by atoms with Gasteiger partial charge in [-0.05, 0) is 24.7 Å². The van der Waals surface area contributed by atoms with Gasteiger partial charge in [0, 0.05) is 0 Å². The molecule has 0 radical (unpaired) electrons. The van der Waals surface area contributed by atoms with E-state index in [0.717, 1.165) is 6.42 Å². The van der Waals surface area contributed by atoms with Crippen molar-refractivity contribution in [2.24, 2.45) is 11.3 Å². The Morgan fingerprint density at radius 2 is 1.77 bits per heavy atom. The van der Waals surface area contributed by atoms with Crippen molar-refractivity contribution in [3.8, 4) is 0 Å². The second-order valence-electron chi connectivity index (χ2n) is 8.28. The molecular weight excluding hydrogens is 489 g/mol. The number of carbonyl (C=O) groups is 2. The zero-order valence-corrected chi connectivity index (χ0v) is 20.8. The Hall–Kier alpha value is -3.00. The second-order valence-corrected chi connectivity index (χ2v) is 10.3. The van der Waals surface area contributed by atoms with Crippen molar-refractivity contribution in [1.29, 1.82) is 0 Å². The quantitative estimate of drug-likeness (QED) is 0.343. The molecule has 1 fully saturated rings. The molecule has 0 amide bonds. The van der Waals surface area contributed by atoms with Crippen LogP contribution in [0.3, 0.4) is 0 Å². The van der Waals surface area contributed by atoms with Crippen molar-refractivity contribution in [2.75, 3.05) is 25.3 Å². The summed E-state index contributed by atoms with van der Waals surface area (Å²) in [4.78, 5) is 29.5. The lowest BCUT2D eigenvalue weighted by Gasteiger charge is -2.31. The number of rotatable bonds is 6. The fourth-order valence-corrected chi connectivity index (χ4v) is 4.41. The minimum absolute atomic E-state index is 0.0485. The van der Waals surface area contributed by atoms with Gasteiger partial charge in [-0.3, -0.25) is 4.57 Å². The summed E-state index contributed by atoms with van der Waals surface area (Å²) in [5.41, 5.74) is 6.95. The Morgan fingerprint density at radius 1 is 1.17 bits per heavy atom. The van der Waals surface area contributed by atoms with Crippen LogP contribution < -0.4 is 5.73 Å². The highest BCUT2D eigenvalue weighted by molar-refractivity contribution is 7.53. The Labute approximate surface area is 201 Å². The summed E-state index contributed by atoms with van der Waals surface area (Å²) in [6, 6.07) is 0. The third-order valence-electron chi connectivity index (χ3n) is 5.35. The SMILES string of the molecule is CC(Cn1cnc2c(N)ncnc21)OCP1(=O)OCC[C@@](C)(C(C)C)CO1.O=C(O)O.O=C(O)O. The largest absolute Gasteiger partial charge is 0.503 e. The third kappa shape index (κ3) is 10.0. The molecule has 35 heavy (non-hydrogen) atoms. The van der Waals surface area contributed by atoms with Crippen LogP contribution in [-0.4, -0.2) is 77.9 Å². The molecule has 0 aromatic carbocycles. The predicted molar refractivity (Wildman–Crippen MR) is 124 cm³/mol. The monoisotopic (exact) mass is 521 g/mol. The molecule has 6 N–H and O–H groups in total. The highest BCUT2D eigenvalue weighted by Crippen LogP contribution is 2.53. The minimum Gasteiger partial charge on any atom is -0.450 e. The van der Waals surface area contributed by atoms with Crippen LogP contribution in [0.25, 0.3) is 11.2 Å². The summed E-state index contributed by atoms with van der Waals surface area (Å²) in [6.45, 7) is 9.61. The van der Waals surface area contributed by atoms with Crippen LogP contribution in [-0.2, 0) is 24.9 Å². The molecule has 1 aliphatic heterocycles. The summed E-state index contributed by atoms with van der Waals surface area (Å²) in [5, 5.41) is 27.9. The molecule has 16 heteroatoms. The number of fused-ring (bicyclic) bond motifs is 1. The van der Waals surface area contributed by atoms with E-state index >= 15 is 0 Å². The maximum atomic E-state index is 12.9. The zero-order chi connectivity index (χ0) is 26.8. The molecule has 0 spiro atoms. The number of ether oxygens (including phenoxy) is 1. The number of aromatic nitrogens is 4. The summed E-state index contributed by atoms with van der Waals surface area (Å²) in [5.74, 6) is 0.752. The fraction of sp³-hybridized carbons (Fsp3) is 0.632. The van der Waals surface area contributed by atoms with E-state index in [-0.39, 0.29) is 17.9 Å². The van der Waals surface area contributed by atoms with Gasteiger partial charge in [-0.15, -0.1) is 0 Å². The highest BCUT2D eigenvalue weighted by Gasteiger charge is 2.38. The summed E-state index contributed by atoms with van der Waals surface area (Å²) < 4.78 is 31.8. The van der Waals surface area contributed by atoms with Gasteiger partial charge in [0.2, 0.25) is 0 Å². The van der Waals surface area contributed by atoms with E-state index in [0.29, 0.717) is 42.7 Å². The number of nitrogens with two attached hydrogens (primary N) is 1. The number of carboxylic acid groups (broad SMARTS) is 4. The molecule has 198 valence electrons. The Morgan fingerprint density at radius 3 is 2.34 bits per heavy atom. The van der Waals surface area contributed by atoms with E-state index in [1.807, 2.05) is 11.5 Å². The van der Waals surface area contributed by atoms with Gasteiger partial charge < -0.3 is 44.5 Å². The molecule has 15 nitrogen and oxygen atoms in total. The molecular formula is C19H32N5O10P. The first kappa shape index (κ1) is 30.0. The van der Waals surface area contributed by atoms with Crippen molar-refractivity contribution in [1.82, 2.24) is 19.5 Å². The van der Waals surface area contributed by atoms with Gasteiger partial charge in [0.1, 0.15) is 18.2 Å². The molecule has 1 saturated heterocycles. The van der Waals surface area contributed by atoms with E-state index in [1.165, 1.54) is 6.33 Å². The van der Waals surface area contributed by atoms with Gasteiger partial charge in [-0.25, -0.2) is 24.5 Å².